The van der Waals surface area contributed by atoms with Gasteiger partial charge in [0.1, 0.15) is 0 Å². The molecule has 0 saturated heterocycles. The van der Waals surface area contributed by atoms with Crippen LogP contribution in [0.3, 0.4) is 0 Å². The Labute approximate surface area is 86.8 Å². The van der Waals surface area contributed by atoms with Crippen molar-refractivity contribution < 1.29 is 18.1 Å². The molecule has 86 valence electrons. The molecule has 0 unspecified atom stereocenters. The van der Waals surface area contributed by atoms with Crippen LogP contribution in [-0.4, -0.2) is 21.5 Å². The van der Waals surface area contributed by atoms with Gasteiger partial charge in [0, 0.05) is 0 Å². The highest BCUT2D eigenvalue weighted by Crippen LogP contribution is 2.43. The lowest BCUT2D eigenvalue weighted by Gasteiger charge is -2.22. The maximum atomic E-state index is 11.8. The Balaban J connectivity index is 4.16. The predicted molar refractivity (Wildman–Crippen MR) is 58.4 cm³/mol. The predicted octanol–water partition coefficient (Wildman–Crippen LogP) is 2.52. The minimum absolute atomic E-state index is 0.319. The summed E-state index contributed by atoms with van der Waals surface area (Å²) in [6.45, 7) is 10.1. The molecule has 0 saturated carbocycles. The molecule has 0 amide bonds. The van der Waals surface area contributed by atoms with Crippen molar-refractivity contribution in [2.45, 2.75) is 33.5 Å². The Morgan fingerprint density at radius 3 is 1.86 bits per heavy atom. The number of hydrogen-bond acceptors (Lipinski definition) is 4. The fraction of sp³-hybridized carbons (Fsp3) is 1.00. The van der Waals surface area contributed by atoms with E-state index < -0.39 is 16.1 Å². The van der Waals surface area contributed by atoms with E-state index in [0.717, 1.165) is 0 Å². The molecule has 0 aromatic rings. The summed E-state index contributed by atoms with van der Waals surface area (Å²) in [4.78, 5) is 0. The fourth-order valence-electron chi connectivity index (χ4n) is 0.623. The standard InChI is InChI=1S/C7H20NO4PSi/c1-6-10-13(9,11-7-2)8-12-14(3,4)5/h6-7H2,1-5H3,(H,8,9). The summed E-state index contributed by atoms with van der Waals surface area (Å²) in [7, 11) is -5.02. The van der Waals surface area contributed by atoms with Gasteiger partial charge < -0.3 is 4.53 Å². The Morgan fingerprint density at radius 1 is 1.14 bits per heavy atom. The van der Waals surface area contributed by atoms with Crippen LogP contribution in [0, 0.1) is 0 Å². The minimum atomic E-state index is -3.25. The topological polar surface area (TPSA) is 56.8 Å². The third kappa shape index (κ3) is 6.70. The maximum absolute atomic E-state index is 11.8. The average molecular weight is 241 g/mol. The van der Waals surface area contributed by atoms with Crippen LogP contribution in [-0.2, 0) is 18.1 Å². The van der Waals surface area contributed by atoms with Gasteiger partial charge in [-0.05, 0) is 33.5 Å². The van der Waals surface area contributed by atoms with Gasteiger partial charge in [-0.1, -0.05) is 0 Å². The van der Waals surface area contributed by atoms with E-state index in [1.165, 1.54) is 0 Å². The summed E-state index contributed by atoms with van der Waals surface area (Å²) in [5.74, 6) is 0. The normalized spacial score (nSPS) is 13.2. The van der Waals surface area contributed by atoms with Crippen LogP contribution < -0.4 is 5.25 Å². The second-order valence-electron chi connectivity index (χ2n) is 3.64. The van der Waals surface area contributed by atoms with Crippen molar-refractivity contribution >= 4 is 16.1 Å². The lowest BCUT2D eigenvalue weighted by Crippen LogP contribution is -2.33. The highest BCUT2D eigenvalue weighted by atomic mass is 31.2. The molecule has 14 heavy (non-hydrogen) atoms. The molecule has 0 aromatic heterocycles. The Hall–Kier alpha value is 0.287. The molecule has 1 N–H and O–H groups in total. The quantitative estimate of drug-likeness (QED) is 0.421. The highest BCUT2D eigenvalue weighted by Gasteiger charge is 2.27. The fourth-order valence-corrected chi connectivity index (χ4v) is 3.03. The van der Waals surface area contributed by atoms with Crippen LogP contribution in [0.1, 0.15) is 13.8 Å². The molecular weight excluding hydrogens is 221 g/mol. The third-order valence-electron chi connectivity index (χ3n) is 1.06. The summed E-state index contributed by atoms with van der Waals surface area (Å²) >= 11 is 0. The summed E-state index contributed by atoms with van der Waals surface area (Å²) in [5.41, 5.74) is 0. The zero-order chi connectivity index (χ0) is 11.2. The first-order valence-electron chi connectivity index (χ1n) is 4.67. The second kappa shape index (κ2) is 6.00. The molecule has 0 aliphatic rings. The Morgan fingerprint density at radius 2 is 1.57 bits per heavy atom. The zero-order valence-corrected chi connectivity index (χ0v) is 11.4. The molecular formula is C7H20NO4PSi. The van der Waals surface area contributed by atoms with Crippen molar-refractivity contribution in [2.75, 3.05) is 13.2 Å². The summed E-state index contributed by atoms with van der Waals surface area (Å²) in [6, 6.07) is 0. The summed E-state index contributed by atoms with van der Waals surface area (Å²) in [6.07, 6.45) is 0. The van der Waals surface area contributed by atoms with E-state index in [9.17, 15) is 4.57 Å². The molecule has 0 aliphatic carbocycles. The zero-order valence-electron chi connectivity index (χ0n) is 9.49. The molecule has 7 heteroatoms. The average Bonchev–Trinajstić information content (AvgIpc) is 2.01. The van der Waals surface area contributed by atoms with Crippen LogP contribution in [0.5, 0.6) is 0 Å². The molecule has 5 nitrogen and oxygen atoms in total. The van der Waals surface area contributed by atoms with E-state index in [-0.39, 0.29) is 0 Å². The van der Waals surface area contributed by atoms with Crippen LogP contribution >= 0.6 is 7.75 Å². The smallest absolute Gasteiger partial charge is 0.336 e. The molecule has 0 atom stereocenters. The van der Waals surface area contributed by atoms with Crippen LogP contribution in [0.2, 0.25) is 19.6 Å². The largest absolute Gasteiger partial charge is 0.427 e. The first kappa shape index (κ1) is 14.3. The van der Waals surface area contributed by atoms with E-state index in [4.69, 9.17) is 13.6 Å². The van der Waals surface area contributed by atoms with Crippen molar-refractivity contribution in [3.8, 4) is 0 Å². The SMILES string of the molecule is CCOP(=O)(NO[Si](C)(C)C)OCC. The van der Waals surface area contributed by atoms with Gasteiger partial charge in [0.05, 0.1) is 13.2 Å². The van der Waals surface area contributed by atoms with Crippen molar-refractivity contribution in [1.29, 1.82) is 0 Å². The van der Waals surface area contributed by atoms with Crippen LogP contribution in [0.25, 0.3) is 0 Å². The molecule has 0 heterocycles. The highest BCUT2D eigenvalue weighted by molar-refractivity contribution is 7.51. The van der Waals surface area contributed by atoms with Gasteiger partial charge in [0.2, 0.25) is 8.32 Å². The van der Waals surface area contributed by atoms with Gasteiger partial charge in [-0.25, -0.2) is 4.57 Å². The lowest BCUT2D eigenvalue weighted by molar-refractivity contribution is 0.151. The molecule has 0 spiro atoms. The number of rotatable bonds is 7. The van der Waals surface area contributed by atoms with Gasteiger partial charge in [-0.3, -0.25) is 9.05 Å². The van der Waals surface area contributed by atoms with Crippen molar-refractivity contribution in [1.82, 2.24) is 5.25 Å². The summed E-state index contributed by atoms with van der Waals surface area (Å²) in [5, 5.41) is 2.41. The first-order valence-corrected chi connectivity index (χ1v) is 9.62. The number of nitrogens with one attached hydrogen (secondary N) is 1. The van der Waals surface area contributed by atoms with E-state index in [0.29, 0.717) is 13.2 Å². The van der Waals surface area contributed by atoms with Gasteiger partial charge in [0.15, 0.2) is 0 Å². The van der Waals surface area contributed by atoms with Gasteiger partial charge in [0.25, 0.3) is 0 Å². The monoisotopic (exact) mass is 241 g/mol. The lowest BCUT2D eigenvalue weighted by atomic mass is 10.9. The molecule has 0 bridgehead atoms. The molecule has 0 aromatic carbocycles. The van der Waals surface area contributed by atoms with Crippen molar-refractivity contribution in [3.05, 3.63) is 0 Å². The van der Waals surface area contributed by atoms with E-state index in [1.54, 1.807) is 13.8 Å². The van der Waals surface area contributed by atoms with Crippen LogP contribution in [0.15, 0.2) is 0 Å². The second-order valence-corrected chi connectivity index (χ2v) is 9.76. The molecule has 0 radical (unpaired) electrons. The molecule has 0 aliphatic heterocycles. The van der Waals surface area contributed by atoms with E-state index in [1.807, 2.05) is 19.6 Å². The minimum Gasteiger partial charge on any atom is -0.336 e. The van der Waals surface area contributed by atoms with E-state index in [2.05, 4.69) is 5.25 Å². The molecule has 0 rings (SSSR count). The van der Waals surface area contributed by atoms with Gasteiger partial charge in [-0.15, -0.1) is 5.25 Å². The Kier molecular flexibility index (Phi) is 6.12. The van der Waals surface area contributed by atoms with Crippen molar-refractivity contribution in [2.24, 2.45) is 0 Å². The third-order valence-corrected chi connectivity index (χ3v) is 3.46. The van der Waals surface area contributed by atoms with E-state index >= 15 is 0 Å². The Bertz CT molecular complexity index is 196. The maximum Gasteiger partial charge on any atom is 0.427 e. The van der Waals surface area contributed by atoms with Gasteiger partial charge >= 0.3 is 7.75 Å². The first-order chi connectivity index (χ1) is 6.33. The van der Waals surface area contributed by atoms with Gasteiger partial charge in [-0.2, -0.15) is 0 Å². The van der Waals surface area contributed by atoms with Crippen molar-refractivity contribution in [3.63, 3.8) is 0 Å². The summed E-state index contributed by atoms with van der Waals surface area (Å²) < 4.78 is 27.0. The van der Waals surface area contributed by atoms with Crippen LogP contribution in [0.4, 0.5) is 0 Å². The number of hydrogen-bond donors (Lipinski definition) is 1. The molecule has 0 fully saturated rings.